The van der Waals surface area contributed by atoms with Gasteiger partial charge in [0.05, 0.1) is 0 Å². The normalized spacial score (nSPS) is 6.24. The monoisotopic (exact) mass is 290 g/mol. The summed E-state index contributed by atoms with van der Waals surface area (Å²) in [5.41, 5.74) is 0.699. The smallest absolute Gasteiger partial charge is 0.281 e. The van der Waals surface area contributed by atoms with Crippen LogP contribution in [0.15, 0.2) is 24.3 Å². The number of carbonyl (C=O) groups is 1. The number of hydrogen-bond donors (Lipinski definition) is 0. The molecule has 0 fully saturated rings. The summed E-state index contributed by atoms with van der Waals surface area (Å²) < 4.78 is 0. The van der Waals surface area contributed by atoms with E-state index in [4.69, 9.17) is 26.0 Å². The molecular formula is C11H7ClCrO4. The van der Waals surface area contributed by atoms with Crippen molar-refractivity contribution in [1.82, 2.24) is 0 Å². The number of carbonyl (C=O) groups excluding carboxylic acids is 4. The third kappa shape index (κ3) is 14.7. The quantitative estimate of drug-likeness (QED) is 0.732. The summed E-state index contributed by atoms with van der Waals surface area (Å²) in [6.45, 7) is 15.0. The van der Waals surface area contributed by atoms with Gasteiger partial charge in [0.25, 0.3) is 20.4 Å². The molecular weight excluding hydrogens is 284 g/mol. The summed E-state index contributed by atoms with van der Waals surface area (Å²) >= 11 is 5.61. The van der Waals surface area contributed by atoms with Gasteiger partial charge in [-0.3, -0.25) is 19.2 Å². The summed E-state index contributed by atoms with van der Waals surface area (Å²) in [5.74, 6) is 0.0664. The van der Waals surface area contributed by atoms with E-state index in [0.29, 0.717) is 10.6 Å². The van der Waals surface area contributed by atoms with Crippen molar-refractivity contribution in [1.29, 1.82) is 0 Å². The van der Waals surface area contributed by atoms with Gasteiger partial charge < -0.3 is 0 Å². The van der Waals surface area contributed by atoms with Gasteiger partial charge in [0, 0.05) is 27.9 Å². The Balaban J connectivity index is -0.000000106. The molecule has 0 aliphatic rings. The Hall–Kier alpha value is -1.28. The van der Waals surface area contributed by atoms with Crippen molar-refractivity contribution in [2.75, 3.05) is 0 Å². The second-order valence-corrected chi connectivity index (χ2v) is 2.50. The average Bonchev–Trinajstić information content (AvgIpc) is 2.37. The Kier molecular flexibility index (Phi) is 29.4. The molecule has 17 heavy (non-hydrogen) atoms. The maximum absolute atomic E-state index is 10.7. The van der Waals surface area contributed by atoms with Crippen LogP contribution in [0, 0.1) is 0 Å². The molecule has 1 rings (SSSR count). The molecule has 0 aliphatic heterocycles. The number of rotatable bonds is 1. The van der Waals surface area contributed by atoms with Crippen molar-refractivity contribution < 1.29 is 36.5 Å². The van der Waals surface area contributed by atoms with E-state index in [1.54, 1.807) is 24.3 Å². The molecule has 0 saturated carbocycles. The first-order chi connectivity index (χ1) is 7.70. The topological polar surface area (TPSA) is 68.3 Å². The fourth-order valence-electron chi connectivity index (χ4n) is 0.685. The van der Waals surface area contributed by atoms with Gasteiger partial charge >= 0.3 is 0 Å². The summed E-state index contributed by atoms with van der Waals surface area (Å²) in [7, 11) is 0. The number of halogens is 1. The molecule has 0 amide bonds. The zero-order chi connectivity index (χ0) is 13.6. The molecule has 1 aromatic rings. The third-order valence-corrected chi connectivity index (χ3v) is 1.50. The molecule has 4 nitrogen and oxygen atoms in total. The molecule has 1 aromatic carbocycles. The molecule has 0 aromatic heterocycles. The number of benzene rings is 1. The first-order valence-electron chi connectivity index (χ1n) is 3.58. The van der Waals surface area contributed by atoms with E-state index in [0.717, 1.165) is 0 Å². The number of Topliss-reactive ketones (excluding diaryl/α,β-unsaturated/α-hetero) is 1. The zero-order valence-corrected chi connectivity index (χ0v) is 10.8. The molecule has 6 heteroatoms. The van der Waals surface area contributed by atoms with E-state index in [1.165, 1.54) is 6.92 Å². The predicted octanol–water partition coefficient (Wildman–Crippen LogP) is 1.35. The zero-order valence-electron chi connectivity index (χ0n) is 8.73. The van der Waals surface area contributed by atoms with Crippen LogP contribution >= 0.6 is 11.6 Å². The molecule has 6 radical (unpaired) electrons. The minimum absolute atomic E-state index is 0. The van der Waals surface area contributed by atoms with Crippen LogP contribution in [-0.4, -0.2) is 26.2 Å². The van der Waals surface area contributed by atoms with Crippen molar-refractivity contribution in [3.8, 4) is 0 Å². The van der Waals surface area contributed by atoms with Gasteiger partial charge in [-0.25, -0.2) is 0 Å². The van der Waals surface area contributed by atoms with Crippen molar-refractivity contribution in [2.45, 2.75) is 6.92 Å². The maximum atomic E-state index is 10.7. The third-order valence-electron chi connectivity index (χ3n) is 1.25. The van der Waals surface area contributed by atoms with Crippen molar-refractivity contribution in [3.05, 3.63) is 34.9 Å². The molecule has 0 aliphatic carbocycles. The van der Waals surface area contributed by atoms with E-state index in [-0.39, 0.29) is 23.1 Å². The minimum Gasteiger partial charge on any atom is -0.295 e. The van der Waals surface area contributed by atoms with Crippen LogP contribution in [-0.2, 0) is 31.7 Å². The summed E-state index contributed by atoms with van der Waals surface area (Å²) in [5, 5.41) is 0.657. The minimum atomic E-state index is 0. The second-order valence-electron chi connectivity index (χ2n) is 2.06. The summed E-state index contributed by atoms with van der Waals surface area (Å²) in [6, 6.07) is 6.84. The van der Waals surface area contributed by atoms with Gasteiger partial charge in [-0.1, -0.05) is 11.6 Å². The molecule has 0 N–H and O–H groups in total. The standard InChI is InChI=1S/C8H7ClO.3CO.Cr/c1-6(10)7-2-4-8(9)5-3-7;3*1-2;/h2-5H,1H3;;;;. The Morgan fingerprint density at radius 1 is 0.941 bits per heavy atom. The Morgan fingerprint density at radius 3 is 1.47 bits per heavy atom. The second kappa shape index (κ2) is 20.2. The molecule has 0 spiro atoms. The number of ketones is 1. The van der Waals surface area contributed by atoms with Crippen LogP contribution < -0.4 is 0 Å². The summed E-state index contributed by atoms with van der Waals surface area (Å²) in [4.78, 5) is 33.2. The molecule has 0 atom stereocenters. The fraction of sp³-hybridized carbons (Fsp3) is 0.0909. The van der Waals surface area contributed by atoms with E-state index in [9.17, 15) is 4.79 Å². The van der Waals surface area contributed by atoms with E-state index >= 15 is 0 Å². The van der Waals surface area contributed by atoms with Crippen LogP contribution in [0.2, 0.25) is 5.02 Å². The number of hydrogen-bond acceptors (Lipinski definition) is 4. The van der Waals surface area contributed by atoms with Gasteiger partial charge in [0.15, 0.2) is 5.78 Å². The van der Waals surface area contributed by atoms with E-state index in [2.05, 4.69) is 20.4 Å². The van der Waals surface area contributed by atoms with Gasteiger partial charge in [0.2, 0.25) is 0 Å². The first-order valence-corrected chi connectivity index (χ1v) is 3.95. The van der Waals surface area contributed by atoms with Crippen LogP contribution in [0.1, 0.15) is 17.3 Å². The Morgan fingerprint density at radius 2 is 1.24 bits per heavy atom. The SMILES string of the molecule is CC(=O)c1ccc(Cl)cc1.[C]=O.[C]=O.[C]=O.[Cr]. The van der Waals surface area contributed by atoms with Gasteiger partial charge in [-0.15, -0.1) is 0 Å². The average molecular weight is 291 g/mol. The van der Waals surface area contributed by atoms with E-state index < -0.39 is 0 Å². The molecule has 0 heterocycles. The van der Waals surface area contributed by atoms with Crippen molar-refractivity contribution in [3.63, 3.8) is 0 Å². The van der Waals surface area contributed by atoms with Crippen LogP contribution in [0.4, 0.5) is 0 Å². The predicted molar refractivity (Wildman–Crippen MR) is 58.5 cm³/mol. The van der Waals surface area contributed by atoms with Crippen LogP contribution in [0.5, 0.6) is 0 Å². The summed E-state index contributed by atoms with van der Waals surface area (Å²) in [6.07, 6.45) is 0. The molecule has 88 valence electrons. The largest absolute Gasteiger partial charge is 0.295 e. The molecule has 0 bridgehead atoms. The first kappa shape index (κ1) is 24.8. The van der Waals surface area contributed by atoms with Crippen molar-refractivity contribution >= 4 is 37.8 Å². The van der Waals surface area contributed by atoms with Gasteiger partial charge in [-0.05, 0) is 31.2 Å². The maximum Gasteiger partial charge on any atom is 0.281 e. The van der Waals surface area contributed by atoms with Crippen LogP contribution in [0.3, 0.4) is 0 Å². The fourth-order valence-corrected chi connectivity index (χ4v) is 0.811. The van der Waals surface area contributed by atoms with Crippen LogP contribution in [0.25, 0.3) is 0 Å². The Bertz CT molecular complexity index is 285. The molecule has 0 unspecified atom stereocenters. The van der Waals surface area contributed by atoms with Gasteiger partial charge in [-0.2, -0.15) is 0 Å². The molecule has 0 saturated heterocycles. The Labute approximate surface area is 116 Å². The van der Waals surface area contributed by atoms with E-state index in [1.807, 2.05) is 0 Å². The van der Waals surface area contributed by atoms with Crippen molar-refractivity contribution in [2.24, 2.45) is 0 Å². The van der Waals surface area contributed by atoms with Gasteiger partial charge in [0.1, 0.15) is 0 Å².